The molecule has 3 aromatic carbocycles. The standard InChI is InChI=1S/C22H21BrN2O4/c1-15-11-18(23)6-9-20(15)24-13-17-5-10-21(22(12-17)28-2)29-14-16-3-7-19(8-4-16)25(26)27/h3-12,24H,13-14H2,1-2H3. The smallest absolute Gasteiger partial charge is 0.269 e. The number of hydrogen-bond acceptors (Lipinski definition) is 5. The third-order valence-corrected chi connectivity index (χ3v) is 4.93. The molecule has 0 atom stereocenters. The van der Waals surface area contributed by atoms with E-state index in [0.29, 0.717) is 24.7 Å². The van der Waals surface area contributed by atoms with Gasteiger partial charge in [0.25, 0.3) is 5.69 Å². The minimum atomic E-state index is -0.420. The summed E-state index contributed by atoms with van der Waals surface area (Å²) < 4.78 is 12.4. The molecule has 0 radical (unpaired) electrons. The van der Waals surface area contributed by atoms with Gasteiger partial charge < -0.3 is 14.8 Å². The highest BCUT2D eigenvalue weighted by Gasteiger charge is 2.09. The number of nitro benzene ring substituents is 1. The average molecular weight is 457 g/mol. The van der Waals surface area contributed by atoms with Crippen LogP contribution in [-0.2, 0) is 13.2 Å². The molecule has 0 spiro atoms. The van der Waals surface area contributed by atoms with Crippen LogP contribution >= 0.6 is 15.9 Å². The quantitative estimate of drug-likeness (QED) is 0.339. The number of hydrogen-bond donors (Lipinski definition) is 1. The normalized spacial score (nSPS) is 10.4. The summed E-state index contributed by atoms with van der Waals surface area (Å²) in [7, 11) is 1.60. The summed E-state index contributed by atoms with van der Waals surface area (Å²) in [5.74, 6) is 1.26. The lowest BCUT2D eigenvalue weighted by molar-refractivity contribution is -0.384. The molecular weight excluding hydrogens is 436 g/mol. The fourth-order valence-corrected chi connectivity index (χ4v) is 3.31. The van der Waals surface area contributed by atoms with Crippen LogP contribution in [0, 0.1) is 17.0 Å². The maximum Gasteiger partial charge on any atom is 0.269 e. The lowest BCUT2D eigenvalue weighted by Crippen LogP contribution is -2.03. The van der Waals surface area contributed by atoms with Crippen molar-refractivity contribution in [2.24, 2.45) is 0 Å². The van der Waals surface area contributed by atoms with Crippen molar-refractivity contribution in [3.05, 3.63) is 91.9 Å². The first-order valence-corrected chi connectivity index (χ1v) is 9.78. The van der Waals surface area contributed by atoms with Gasteiger partial charge in [-0.1, -0.05) is 22.0 Å². The minimum Gasteiger partial charge on any atom is -0.493 e. The molecule has 0 amide bonds. The number of rotatable bonds is 8. The number of methoxy groups -OCH3 is 1. The SMILES string of the molecule is COc1cc(CNc2ccc(Br)cc2C)ccc1OCc1ccc([N+](=O)[O-])cc1. The van der Waals surface area contributed by atoms with Crippen LogP contribution in [-0.4, -0.2) is 12.0 Å². The van der Waals surface area contributed by atoms with Gasteiger partial charge in [0.15, 0.2) is 11.5 Å². The lowest BCUT2D eigenvalue weighted by Gasteiger charge is -2.14. The molecule has 7 heteroatoms. The van der Waals surface area contributed by atoms with E-state index in [4.69, 9.17) is 9.47 Å². The zero-order valence-electron chi connectivity index (χ0n) is 16.1. The first kappa shape index (κ1) is 20.7. The summed E-state index contributed by atoms with van der Waals surface area (Å²) in [5.41, 5.74) is 4.20. The molecule has 0 fully saturated rings. The van der Waals surface area contributed by atoms with Gasteiger partial charge in [0.05, 0.1) is 12.0 Å². The molecule has 0 aromatic heterocycles. The Kier molecular flexibility index (Phi) is 6.72. The molecule has 0 aliphatic rings. The largest absolute Gasteiger partial charge is 0.493 e. The number of nitrogens with zero attached hydrogens (tertiary/aromatic N) is 1. The molecule has 1 N–H and O–H groups in total. The summed E-state index contributed by atoms with van der Waals surface area (Å²) in [4.78, 5) is 10.3. The second-order valence-corrected chi connectivity index (χ2v) is 7.43. The molecule has 0 aliphatic heterocycles. The Balaban J connectivity index is 1.64. The van der Waals surface area contributed by atoms with Gasteiger partial charge in [-0.2, -0.15) is 0 Å². The van der Waals surface area contributed by atoms with Crippen molar-refractivity contribution < 1.29 is 14.4 Å². The fourth-order valence-electron chi connectivity index (χ4n) is 2.84. The van der Waals surface area contributed by atoms with Crippen molar-refractivity contribution in [2.75, 3.05) is 12.4 Å². The molecule has 3 rings (SSSR count). The molecule has 29 heavy (non-hydrogen) atoms. The molecule has 150 valence electrons. The van der Waals surface area contributed by atoms with E-state index in [9.17, 15) is 10.1 Å². The first-order chi connectivity index (χ1) is 14.0. The van der Waals surface area contributed by atoms with Crippen molar-refractivity contribution in [3.63, 3.8) is 0 Å². The predicted octanol–water partition coefficient (Wildman–Crippen LogP) is 5.87. The highest BCUT2D eigenvalue weighted by atomic mass is 79.9. The zero-order valence-corrected chi connectivity index (χ0v) is 17.7. The highest BCUT2D eigenvalue weighted by molar-refractivity contribution is 9.10. The molecule has 0 heterocycles. The zero-order chi connectivity index (χ0) is 20.8. The number of benzene rings is 3. The van der Waals surface area contributed by atoms with Crippen molar-refractivity contribution in [2.45, 2.75) is 20.1 Å². The van der Waals surface area contributed by atoms with Crippen LogP contribution in [0.3, 0.4) is 0 Å². The number of halogens is 1. The topological polar surface area (TPSA) is 73.6 Å². The van der Waals surface area contributed by atoms with Crippen LogP contribution < -0.4 is 14.8 Å². The number of ether oxygens (including phenoxy) is 2. The molecule has 6 nitrogen and oxygen atoms in total. The Labute approximate surface area is 177 Å². The molecule has 0 saturated carbocycles. The van der Waals surface area contributed by atoms with E-state index in [1.807, 2.05) is 30.3 Å². The van der Waals surface area contributed by atoms with E-state index < -0.39 is 4.92 Å². The van der Waals surface area contributed by atoms with E-state index in [-0.39, 0.29) is 5.69 Å². The minimum absolute atomic E-state index is 0.0594. The lowest BCUT2D eigenvalue weighted by atomic mass is 10.1. The number of anilines is 1. The third-order valence-electron chi connectivity index (χ3n) is 4.44. The van der Waals surface area contributed by atoms with Crippen LogP contribution in [0.5, 0.6) is 11.5 Å². The molecule has 3 aromatic rings. The van der Waals surface area contributed by atoms with Gasteiger partial charge in [-0.25, -0.2) is 0 Å². The van der Waals surface area contributed by atoms with Gasteiger partial charge in [0, 0.05) is 28.8 Å². The summed E-state index contributed by atoms with van der Waals surface area (Å²) in [5, 5.41) is 14.2. The van der Waals surface area contributed by atoms with E-state index in [0.717, 1.165) is 26.9 Å². The van der Waals surface area contributed by atoms with Crippen molar-refractivity contribution >= 4 is 27.3 Å². The molecule has 0 aliphatic carbocycles. The van der Waals surface area contributed by atoms with Gasteiger partial charge in [-0.05, 0) is 66.1 Å². The fraction of sp³-hybridized carbons (Fsp3) is 0.182. The average Bonchev–Trinajstić information content (AvgIpc) is 2.72. The second kappa shape index (κ2) is 9.43. The Morgan fingerprint density at radius 1 is 1.00 bits per heavy atom. The van der Waals surface area contributed by atoms with E-state index in [1.54, 1.807) is 19.2 Å². The van der Waals surface area contributed by atoms with Crippen LogP contribution in [0.25, 0.3) is 0 Å². The van der Waals surface area contributed by atoms with Crippen LogP contribution in [0.2, 0.25) is 0 Å². The highest BCUT2D eigenvalue weighted by Crippen LogP contribution is 2.30. The summed E-state index contributed by atoms with van der Waals surface area (Å²) in [6.07, 6.45) is 0. The Morgan fingerprint density at radius 2 is 1.72 bits per heavy atom. The molecule has 0 saturated heterocycles. The maximum absolute atomic E-state index is 10.7. The molecule has 0 unspecified atom stereocenters. The van der Waals surface area contributed by atoms with Gasteiger partial charge in [0.1, 0.15) is 6.61 Å². The predicted molar refractivity (Wildman–Crippen MR) is 117 cm³/mol. The van der Waals surface area contributed by atoms with Gasteiger partial charge in [-0.3, -0.25) is 10.1 Å². The summed E-state index contributed by atoms with van der Waals surface area (Å²) in [6.45, 7) is 3.01. The number of nitro groups is 1. The van der Waals surface area contributed by atoms with Crippen LogP contribution in [0.1, 0.15) is 16.7 Å². The second-order valence-electron chi connectivity index (χ2n) is 6.51. The van der Waals surface area contributed by atoms with Crippen molar-refractivity contribution in [1.29, 1.82) is 0 Å². The first-order valence-electron chi connectivity index (χ1n) is 8.99. The van der Waals surface area contributed by atoms with Crippen molar-refractivity contribution in [3.8, 4) is 11.5 Å². The Hall–Kier alpha value is -3.06. The molecule has 0 bridgehead atoms. The van der Waals surface area contributed by atoms with Gasteiger partial charge in [0.2, 0.25) is 0 Å². The van der Waals surface area contributed by atoms with E-state index in [1.165, 1.54) is 12.1 Å². The third kappa shape index (κ3) is 5.48. The van der Waals surface area contributed by atoms with Crippen molar-refractivity contribution in [1.82, 2.24) is 0 Å². The number of nitrogens with one attached hydrogen (secondary N) is 1. The maximum atomic E-state index is 10.7. The number of aryl methyl sites for hydroxylation is 1. The van der Waals surface area contributed by atoms with Crippen LogP contribution in [0.15, 0.2) is 65.1 Å². The monoisotopic (exact) mass is 456 g/mol. The van der Waals surface area contributed by atoms with Crippen LogP contribution in [0.4, 0.5) is 11.4 Å². The van der Waals surface area contributed by atoms with E-state index in [2.05, 4.69) is 34.2 Å². The van der Waals surface area contributed by atoms with Gasteiger partial charge >= 0.3 is 0 Å². The van der Waals surface area contributed by atoms with Gasteiger partial charge in [-0.15, -0.1) is 0 Å². The number of non-ortho nitro benzene ring substituents is 1. The molecular formula is C22H21BrN2O4. The van der Waals surface area contributed by atoms with E-state index >= 15 is 0 Å². The summed E-state index contributed by atoms with van der Waals surface area (Å²) >= 11 is 3.47. The summed E-state index contributed by atoms with van der Waals surface area (Å²) in [6, 6.07) is 18.2. The Bertz CT molecular complexity index is 1010. The Morgan fingerprint density at radius 3 is 2.38 bits per heavy atom.